The molecule has 0 aliphatic carbocycles. The largest absolute Gasteiger partial charge is 0.396 e. The molecule has 3 heterocycles. The number of nitrogen functional groups attached to an aromatic ring is 1. The average Bonchev–Trinajstić information content (AvgIpc) is 2.74. The zero-order valence-corrected chi connectivity index (χ0v) is 17.4. The van der Waals surface area contributed by atoms with Gasteiger partial charge >= 0.3 is 0 Å². The van der Waals surface area contributed by atoms with E-state index in [2.05, 4.69) is 28.8 Å². The summed E-state index contributed by atoms with van der Waals surface area (Å²) in [5.74, 6) is 1.29. The molecule has 30 heavy (non-hydrogen) atoms. The van der Waals surface area contributed by atoms with E-state index >= 15 is 0 Å². The van der Waals surface area contributed by atoms with E-state index in [1.54, 1.807) is 12.3 Å². The number of hydrogen-bond donors (Lipinski definition) is 2. The summed E-state index contributed by atoms with van der Waals surface area (Å²) in [6, 6.07) is 10.6. The summed E-state index contributed by atoms with van der Waals surface area (Å²) in [6.45, 7) is 8.94. The van der Waals surface area contributed by atoms with E-state index in [9.17, 15) is 4.39 Å². The quantitative estimate of drug-likeness (QED) is 0.479. The fraction of sp³-hybridized carbons (Fsp3) is 0.261. The third-order valence-electron chi connectivity index (χ3n) is 4.68. The first kappa shape index (κ1) is 21.2. The molecule has 0 radical (unpaired) electrons. The Morgan fingerprint density at radius 2 is 1.93 bits per heavy atom. The van der Waals surface area contributed by atoms with Crippen molar-refractivity contribution < 1.29 is 4.39 Å². The van der Waals surface area contributed by atoms with Crippen molar-refractivity contribution in [3.8, 4) is 11.3 Å². The standard InChI is InChI=1S/C23H27FN6/c1-4-5-6-13-30(17(3)28-22-12-9-19(24)15-27-22)23-20(25)10-11-21(29-23)18-8-7-16(2)26-14-18/h7-12,14-15H,3-6,13,25H2,1-2H3,(H,27,28). The molecule has 7 heteroatoms. The molecule has 0 amide bonds. The number of nitrogens with two attached hydrogens (primary N) is 1. The Kier molecular flexibility index (Phi) is 6.95. The molecule has 156 valence electrons. The molecule has 0 saturated heterocycles. The van der Waals surface area contributed by atoms with Crippen molar-refractivity contribution in [2.45, 2.75) is 33.1 Å². The number of halogens is 1. The van der Waals surface area contributed by atoms with Crippen molar-refractivity contribution in [3.63, 3.8) is 0 Å². The minimum Gasteiger partial charge on any atom is -0.396 e. The molecule has 0 spiro atoms. The molecule has 3 aromatic rings. The first-order valence-corrected chi connectivity index (χ1v) is 10.0. The molecule has 0 unspecified atom stereocenters. The highest BCUT2D eigenvalue weighted by Gasteiger charge is 2.17. The third kappa shape index (κ3) is 5.31. The molecular formula is C23H27FN6. The number of anilines is 3. The number of nitrogens with zero attached hydrogens (tertiary/aromatic N) is 4. The van der Waals surface area contributed by atoms with Crippen molar-refractivity contribution in [1.82, 2.24) is 15.0 Å². The molecule has 0 bridgehead atoms. The molecular weight excluding hydrogens is 379 g/mol. The molecule has 0 atom stereocenters. The van der Waals surface area contributed by atoms with Crippen LogP contribution in [0.15, 0.2) is 61.2 Å². The van der Waals surface area contributed by atoms with Crippen LogP contribution in [0.2, 0.25) is 0 Å². The number of aryl methyl sites for hydroxylation is 1. The Balaban J connectivity index is 1.91. The SMILES string of the molecule is C=C(Nc1ccc(F)cn1)N(CCCCC)c1nc(-c2ccc(C)nc2)ccc1N. The normalized spacial score (nSPS) is 10.6. The van der Waals surface area contributed by atoms with Gasteiger partial charge in [-0.05, 0) is 49.7 Å². The Hall–Kier alpha value is -3.48. The van der Waals surface area contributed by atoms with Crippen LogP contribution in [-0.2, 0) is 0 Å². The number of nitrogens with one attached hydrogen (secondary N) is 1. The van der Waals surface area contributed by atoms with Gasteiger partial charge in [-0.1, -0.05) is 26.3 Å². The Labute approximate surface area is 176 Å². The van der Waals surface area contributed by atoms with Gasteiger partial charge in [-0.15, -0.1) is 0 Å². The van der Waals surface area contributed by atoms with Crippen molar-refractivity contribution in [2.24, 2.45) is 0 Å². The van der Waals surface area contributed by atoms with E-state index in [0.29, 0.717) is 29.7 Å². The lowest BCUT2D eigenvalue weighted by Crippen LogP contribution is -2.29. The minimum atomic E-state index is -0.392. The second-order valence-corrected chi connectivity index (χ2v) is 7.09. The maximum atomic E-state index is 13.2. The third-order valence-corrected chi connectivity index (χ3v) is 4.68. The lowest BCUT2D eigenvalue weighted by Gasteiger charge is -2.27. The number of unbranched alkanes of at least 4 members (excludes halogenated alkanes) is 2. The molecule has 0 aromatic carbocycles. The van der Waals surface area contributed by atoms with E-state index in [1.807, 2.05) is 36.1 Å². The Bertz CT molecular complexity index is 986. The Morgan fingerprint density at radius 3 is 2.60 bits per heavy atom. The summed E-state index contributed by atoms with van der Waals surface area (Å²) < 4.78 is 13.2. The molecule has 3 aromatic heterocycles. The van der Waals surface area contributed by atoms with Crippen LogP contribution in [-0.4, -0.2) is 21.5 Å². The minimum absolute atomic E-state index is 0.392. The van der Waals surface area contributed by atoms with Crippen molar-refractivity contribution in [3.05, 3.63) is 72.7 Å². The van der Waals surface area contributed by atoms with E-state index in [1.165, 1.54) is 6.07 Å². The predicted molar refractivity (Wildman–Crippen MR) is 120 cm³/mol. The average molecular weight is 407 g/mol. The zero-order valence-electron chi connectivity index (χ0n) is 17.4. The van der Waals surface area contributed by atoms with Crippen molar-refractivity contribution in [1.29, 1.82) is 0 Å². The van der Waals surface area contributed by atoms with Gasteiger partial charge in [0.25, 0.3) is 0 Å². The second kappa shape index (κ2) is 9.82. The number of rotatable bonds is 9. The number of aromatic nitrogens is 3. The lowest BCUT2D eigenvalue weighted by molar-refractivity contribution is 0.622. The van der Waals surface area contributed by atoms with Gasteiger partial charge in [0.1, 0.15) is 17.5 Å². The summed E-state index contributed by atoms with van der Waals surface area (Å²) in [4.78, 5) is 15.2. The molecule has 0 aliphatic heterocycles. The highest BCUT2D eigenvalue weighted by Crippen LogP contribution is 2.28. The first-order chi connectivity index (χ1) is 14.5. The second-order valence-electron chi connectivity index (χ2n) is 7.09. The Morgan fingerprint density at radius 1 is 1.10 bits per heavy atom. The van der Waals surface area contributed by atoms with Crippen LogP contribution in [0.4, 0.5) is 21.7 Å². The van der Waals surface area contributed by atoms with Crippen LogP contribution in [0, 0.1) is 12.7 Å². The molecule has 0 fully saturated rings. The molecule has 3 N–H and O–H groups in total. The van der Waals surface area contributed by atoms with Gasteiger partial charge in [0.05, 0.1) is 17.6 Å². The topological polar surface area (TPSA) is 80.0 Å². The van der Waals surface area contributed by atoms with Crippen LogP contribution >= 0.6 is 0 Å². The number of pyridine rings is 3. The lowest BCUT2D eigenvalue weighted by atomic mass is 10.1. The van der Waals surface area contributed by atoms with Crippen LogP contribution < -0.4 is 16.0 Å². The van der Waals surface area contributed by atoms with Crippen LogP contribution in [0.1, 0.15) is 31.9 Å². The highest BCUT2D eigenvalue weighted by atomic mass is 19.1. The highest BCUT2D eigenvalue weighted by molar-refractivity contribution is 5.72. The van der Waals surface area contributed by atoms with E-state index < -0.39 is 5.82 Å². The molecule has 0 saturated carbocycles. The van der Waals surface area contributed by atoms with Gasteiger partial charge in [-0.2, -0.15) is 0 Å². The summed E-state index contributed by atoms with van der Waals surface area (Å²) >= 11 is 0. The van der Waals surface area contributed by atoms with Crippen LogP contribution in [0.5, 0.6) is 0 Å². The fourth-order valence-electron chi connectivity index (χ4n) is 3.01. The first-order valence-electron chi connectivity index (χ1n) is 10.0. The van der Waals surface area contributed by atoms with Gasteiger partial charge in [0.2, 0.25) is 0 Å². The number of hydrogen-bond acceptors (Lipinski definition) is 6. The summed E-state index contributed by atoms with van der Waals surface area (Å²) in [5.41, 5.74) is 9.47. The molecule has 3 rings (SSSR count). The molecule has 6 nitrogen and oxygen atoms in total. The van der Waals surface area contributed by atoms with Crippen LogP contribution in [0.3, 0.4) is 0 Å². The summed E-state index contributed by atoms with van der Waals surface area (Å²) in [5, 5.41) is 3.13. The van der Waals surface area contributed by atoms with Gasteiger partial charge in [-0.25, -0.2) is 14.4 Å². The van der Waals surface area contributed by atoms with Gasteiger partial charge in [0.15, 0.2) is 5.82 Å². The maximum Gasteiger partial charge on any atom is 0.158 e. The van der Waals surface area contributed by atoms with Gasteiger partial charge < -0.3 is 16.0 Å². The monoisotopic (exact) mass is 406 g/mol. The molecule has 0 aliphatic rings. The van der Waals surface area contributed by atoms with E-state index in [-0.39, 0.29) is 0 Å². The van der Waals surface area contributed by atoms with Crippen molar-refractivity contribution in [2.75, 3.05) is 22.5 Å². The van der Waals surface area contributed by atoms with Gasteiger partial charge in [-0.3, -0.25) is 4.98 Å². The fourth-order valence-corrected chi connectivity index (χ4v) is 3.01. The summed E-state index contributed by atoms with van der Waals surface area (Å²) in [6.07, 6.45) is 6.07. The van der Waals surface area contributed by atoms with E-state index in [4.69, 9.17) is 10.7 Å². The summed E-state index contributed by atoms with van der Waals surface area (Å²) in [7, 11) is 0. The van der Waals surface area contributed by atoms with Crippen LogP contribution in [0.25, 0.3) is 11.3 Å². The zero-order chi connectivity index (χ0) is 21.5. The smallest absolute Gasteiger partial charge is 0.158 e. The van der Waals surface area contributed by atoms with Crippen molar-refractivity contribution >= 4 is 17.3 Å². The van der Waals surface area contributed by atoms with Gasteiger partial charge in [0, 0.05) is 24.0 Å². The maximum absolute atomic E-state index is 13.2. The predicted octanol–water partition coefficient (Wildman–Crippen LogP) is 5.15. The van der Waals surface area contributed by atoms with E-state index in [0.717, 1.165) is 42.4 Å².